The molecule has 1 aromatic carbocycles. The van der Waals surface area contributed by atoms with Crippen molar-refractivity contribution < 1.29 is 14.3 Å². The zero-order valence-corrected chi connectivity index (χ0v) is 15.5. The average Bonchev–Trinajstić information content (AvgIpc) is 3.08. The quantitative estimate of drug-likeness (QED) is 0.690. The molecule has 0 atom stereocenters. The zero-order chi connectivity index (χ0) is 19.2. The number of pyridine rings is 1. The van der Waals surface area contributed by atoms with E-state index in [1.807, 2.05) is 17.0 Å². The highest BCUT2D eigenvalue weighted by Gasteiger charge is 2.19. The van der Waals surface area contributed by atoms with E-state index < -0.39 is 0 Å². The number of nitrogens with one attached hydrogen (secondary N) is 2. The number of H-pyrrole nitrogens is 1. The van der Waals surface area contributed by atoms with E-state index >= 15 is 0 Å². The van der Waals surface area contributed by atoms with Crippen LogP contribution in [-0.2, 0) is 16.0 Å². The summed E-state index contributed by atoms with van der Waals surface area (Å²) in [5, 5.41) is 3.73. The SMILES string of the molecule is COc1ccc2[nH]c(=O)c(CCC(=O)NCCCN3CCCC3=O)cc2c1. The van der Waals surface area contributed by atoms with Gasteiger partial charge in [-0.3, -0.25) is 14.4 Å². The Morgan fingerprint density at radius 3 is 2.89 bits per heavy atom. The zero-order valence-electron chi connectivity index (χ0n) is 15.5. The second-order valence-electron chi connectivity index (χ2n) is 6.76. The van der Waals surface area contributed by atoms with Crippen LogP contribution in [0.15, 0.2) is 29.1 Å². The normalized spacial score (nSPS) is 14.0. The molecule has 0 aliphatic carbocycles. The second kappa shape index (κ2) is 8.70. The number of aromatic amines is 1. The molecule has 2 aromatic rings. The highest BCUT2D eigenvalue weighted by Crippen LogP contribution is 2.19. The molecule has 144 valence electrons. The summed E-state index contributed by atoms with van der Waals surface area (Å²) in [4.78, 5) is 40.4. The molecule has 1 aliphatic heterocycles. The monoisotopic (exact) mass is 371 g/mol. The third kappa shape index (κ3) is 4.87. The molecule has 0 unspecified atom stereocenters. The largest absolute Gasteiger partial charge is 0.497 e. The topological polar surface area (TPSA) is 91.5 Å². The Kier molecular flexibility index (Phi) is 6.11. The summed E-state index contributed by atoms with van der Waals surface area (Å²) in [6, 6.07) is 7.26. The lowest BCUT2D eigenvalue weighted by Gasteiger charge is -2.15. The molecule has 0 saturated carbocycles. The summed E-state index contributed by atoms with van der Waals surface area (Å²) in [5.74, 6) is 0.830. The molecule has 1 saturated heterocycles. The first-order chi connectivity index (χ1) is 13.1. The molecule has 7 nitrogen and oxygen atoms in total. The Balaban J connectivity index is 1.48. The molecule has 1 fully saturated rings. The highest BCUT2D eigenvalue weighted by molar-refractivity contribution is 5.81. The number of hydrogen-bond donors (Lipinski definition) is 2. The Morgan fingerprint density at radius 1 is 1.30 bits per heavy atom. The molecule has 3 rings (SSSR count). The molecule has 2 amide bonds. The Bertz CT molecular complexity index is 890. The summed E-state index contributed by atoms with van der Waals surface area (Å²) in [6.07, 6.45) is 2.93. The van der Waals surface area contributed by atoms with Crippen molar-refractivity contribution in [3.8, 4) is 5.75 Å². The van der Waals surface area contributed by atoms with Crippen molar-refractivity contribution in [3.63, 3.8) is 0 Å². The molecule has 0 radical (unpaired) electrons. The van der Waals surface area contributed by atoms with Crippen molar-refractivity contribution in [2.45, 2.75) is 32.1 Å². The number of fused-ring (bicyclic) bond motifs is 1. The fraction of sp³-hybridized carbons (Fsp3) is 0.450. The maximum absolute atomic E-state index is 12.2. The van der Waals surface area contributed by atoms with Gasteiger partial charge in [-0.2, -0.15) is 0 Å². The maximum atomic E-state index is 12.2. The predicted octanol–water partition coefficient (Wildman–Crippen LogP) is 1.60. The summed E-state index contributed by atoms with van der Waals surface area (Å²) >= 11 is 0. The van der Waals surface area contributed by atoms with Gasteiger partial charge in [0.1, 0.15) is 5.75 Å². The second-order valence-corrected chi connectivity index (χ2v) is 6.76. The Labute approximate surface area is 157 Å². The first-order valence-electron chi connectivity index (χ1n) is 9.31. The first-order valence-corrected chi connectivity index (χ1v) is 9.31. The number of aryl methyl sites for hydroxylation is 1. The van der Waals surface area contributed by atoms with Crippen LogP contribution in [0.5, 0.6) is 5.75 Å². The lowest BCUT2D eigenvalue weighted by molar-refractivity contribution is -0.127. The van der Waals surface area contributed by atoms with Crippen LogP contribution in [0.25, 0.3) is 10.9 Å². The lowest BCUT2D eigenvalue weighted by Crippen LogP contribution is -2.31. The number of methoxy groups -OCH3 is 1. The molecular formula is C20H25N3O4. The third-order valence-electron chi connectivity index (χ3n) is 4.85. The molecule has 27 heavy (non-hydrogen) atoms. The molecule has 1 aromatic heterocycles. The van der Waals surface area contributed by atoms with Gasteiger partial charge in [-0.25, -0.2) is 0 Å². The fourth-order valence-corrected chi connectivity index (χ4v) is 3.32. The van der Waals surface area contributed by atoms with Crippen molar-refractivity contribution in [1.82, 2.24) is 15.2 Å². The van der Waals surface area contributed by atoms with Gasteiger partial charge in [0.2, 0.25) is 11.8 Å². The van der Waals surface area contributed by atoms with Gasteiger partial charge in [0.15, 0.2) is 0 Å². The standard InChI is InChI=1S/C20H25N3O4/c1-27-16-6-7-17-15(13-16)12-14(20(26)22-17)5-8-18(24)21-9-3-11-23-10-2-4-19(23)25/h6-7,12-13H,2-5,8-11H2,1H3,(H,21,24)(H,22,26). The number of nitrogens with zero attached hydrogens (tertiary/aromatic N) is 1. The highest BCUT2D eigenvalue weighted by atomic mass is 16.5. The number of rotatable bonds is 8. The van der Waals surface area contributed by atoms with Crippen molar-refractivity contribution in [1.29, 1.82) is 0 Å². The summed E-state index contributed by atoms with van der Waals surface area (Å²) in [7, 11) is 1.59. The lowest BCUT2D eigenvalue weighted by atomic mass is 10.1. The van der Waals surface area contributed by atoms with Gasteiger partial charge in [0.25, 0.3) is 5.56 Å². The fourth-order valence-electron chi connectivity index (χ4n) is 3.32. The van der Waals surface area contributed by atoms with Crippen molar-refractivity contribution >= 4 is 22.7 Å². The van der Waals surface area contributed by atoms with Gasteiger partial charge in [-0.1, -0.05) is 0 Å². The van der Waals surface area contributed by atoms with E-state index in [1.165, 1.54) is 0 Å². The van der Waals surface area contributed by atoms with Gasteiger partial charge in [-0.05, 0) is 43.5 Å². The van der Waals surface area contributed by atoms with Crippen LogP contribution < -0.4 is 15.6 Å². The summed E-state index contributed by atoms with van der Waals surface area (Å²) < 4.78 is 5.21. The number of likely N-dealkylation sites (tertiary alicyclic amines) is 1. The number of aromatic nitrogens is 1. The minimum absolute atomic E-state index is 0.0899. The Morgan fingerprint density at radius 2 is 2.15 bits per heavy atom. The van der Waals surface area contributed by atoms with E-state index in [2.05, 4.69) is 10.3 Å². The number of carbonyl (C=O) groups is 2. The van der Waals surface area contributed by atoms with Crippen LogP contribution in [0.4, 0.5) is 0 Å². The van der Waals surface area contributed by atoms with Crippen molar-refractivity contribution in [3.05, 3.63) is 40.2 Å². The van der Waals surface area contributed by atoms with Crippen LogP contribution in [0.1, 0.15) is 31.2 Å². The van der Waals surface area contributed by atoms with Crippen LogP contribution in [0, 0.1) is 0 Å². The van der Waals surface area contributed by atoms with Gasteiger partial charge < -0.3 is 19.9 Å². The van der Waals surface area contributed by atoms with Crippen LogP contribution in [-0.4, -0.2) is 48.4 Å². The minimum Gasteiger partial charge on any atom is -0.497 e. The van der Waals surface area contributed by atoms with E-state index in [1.54, 1.807) is 19.2 Å². The van der Waals surface area contributed by atoms with Crippen LogP contribution in [0.2, 0.25) is 0 Å². The van der Waals surface area contributed by atoms with Gasteiger partial charge in [0.05, 0.1) is 7.11 Å². The predicted molar refractivity (Wildman–Crippen MR) is 103 cm³/mol. The summed E-state index contributed by atoms with van der Waals surface area (Å²) in [6.45, 7) is 2.04. The van der Waals surface area contributed by atoms with E-state index in [-0.39, 0.29) is 23.8 Å². The van der Waals surface area contributed by atoms with E-state index in [0.29, 0.717) is 31.5 Å². The molecule has 2 N–H and O–H groups in total. The number of ether oxygens (including phenoxy) is 1. The molecule has 1 aliphatic rings. The van der Waals surface area contributed by atoms with Gasteiger partial charge in [-0.15, -0.1) is 0 Å². The summed E-state index contributed by atoms with van der Waals surface area (Å²) in [5.41, 5.74) is 1.15. The molecule has 0 bridgehead atoms. The first kappa shape index (κ1) is 18.9. The molecule has 0 spiro atoms. The van der Waals surface area contributed by atoms with Crippen molar-refractivity contribution in [2.24, 2.45) is 0 Å². The maximum Gasteiger partial charge on any atom is 0.251 e. The number of hydrogen-bond acceptors (Lipinski definition) is 4. The number of amides is 2. The van der Waals surface area contributed by atoms with E-state index in [4.69, 9.17) is 4.74 Å². The van der Waals surface area contributed by atoms with Gasteiger partial charge in [0, 0.05) is 48.9 Å². The number of benzene rings is 1. The molecule has 2 heterocycles. The van der Waals surface area contributed by atoms with E-state index in [0.717, 1.165) is 36.0 Å². The third-order valence-corrected chi connectivity index (χ3v) is 4.85. The number of carbonyl (C=O) groups excluding carboxylic acids is 2. The smallest absolute Gasteiger partial charge is 0.251 e. The van der Waals surface area contributed by atoms with Crippen LogP contribution in [0.3, 0.4) is 0 Å². The van der Waals surface area contributed by atoms with Crippen LogP contribution >= 0.6 is 0 Å². The molecule has 7 heteroatoms. The van der Waals surface area contributed by atoms with E-state index in [9.17, 15) is 14.4 Å². The Hall–Kier alpha value is -2.83. The van der Waals surface area contributed by atoms with Crippen molar-refractivity contribution in [2.75, 3.05) is 26.7 Å². The molecular weight excluding hydrogens is 346 g/mol. The van der Waals surface area contributed by atoms with Gasteiger partial charge >= 0.3 is 0 Å². The minimum atomic E-state index is -0.173. The average molecular weight is 371 g/mol.